The molecule has 0 spiro atoms. The van der Waals surface area contributed by atoms with Gasteiger partial charge in [0.2, 0.25) is 0 Å². The van der Waals surface area contributed by atoms with Gasteiger partial charge in [0.25, 0.3) is 11.8 Å². The average molecular weight is 789 g/mol. The van der Waals surface area contributed by atoms with Crippen LogP contribution < -0.4 is 26.0 Å². The summed E-state index contributed by atoms with van der Waals surface area (Å²) < 4.78 is 34.8. The van der Waals surface area contributed by atoms with Crippen LogP contribution in [0.4, 0.5) is 36.7 Å². The molecule has 300 valence electrons. The second kappa shape index (κ2) is 16.9. The fraction of sp³-hybridized carbons (Fsp3) is 0.302. The molecule has 1 aliphatic heterocycles. The first-order valence-electron chi connectivity index (χ1n) is 19.1. The van der Waals surface area contributed by atoms with E-state index in [1.54, 1.807) is 10.9 Å². The number of nitrogens with zero attached hydrogens (tertiary/aromatic N) is 6. The smallest absolute Gasteiger partial charge is 0.324 e. The Morgan fingerprint density at radius 3 is 2.34 bits per heavy atom. The lowest BCUT2D eigenvalue weighted by atomic mass is 9.92. The van der Waals surface area contributed by atoms with Crippen LogP contribution in [0.5, 0.6) is 5.75 Å². The van der Waals surface area contributed by atoms with Crippen molar-refractivity contribution in [1.29, 1.82) is 0 Å². The molecule has 1 saturated heterocycles. The molecular formula is C43H46F2N10O3. The first-order chi connectivity index (χ1) is 27.8. The summed E-state index contributed by atoms with van der Waals surface area (Å²) >= 11 is 0. The molecule has 1 fully saturated rings. The largest absolute Gasteiger partial charge is 0.488 e. The van der Waals surface area contributed by atoms with Gasteiger partial charge < -0.3 is 25.6 Å². The zero-order valence-corrected chi connectivity index (χ0v) is 32.9. The Kier molecular flexibility index (Phi) is 11.6. The van der Waals surface area contributed by atoms with Crippen molar-refractivity contribution in [3.8, 4) is 11.4 Å². The Balaban J connectivity index is 0.956. The lowest BCUT2D eigenvalue weighted by Gasteiger charge is -2.31. The number of aryl methyl sites for hydroxylation is 1. The Hall–Kier alpha value is -6.48. The molecule has 0 radical (unpaired) electrons. The Morgan fingerprint density at radius 1 is 0.862 bits per heavy atom. The quantitative estimate of drug-likeness (QED) is 0.0961. The molecule has 13 nitrogen and oxygen atoms in total. The maximum atomic E-state index is 13.5. The highest BCUT2D eigenvalue weighted by Gasteiger charge is 2.33. The standard InChI is InChI=1S/C43H46F2N10O3/c1-28-9-11-30(12-10-28)55-39(24-36(53-55)42(2,3)4)52-41(57)50-33-13-14-35(32-8-6-5-7-31(32)33)58-27-29-15-18-46-37(23-29)51-38-26-48-34(25-49-38)40(56)47-19-22-54-20-16-43(44,45)17-21-54/h5-15,18,23-26H,16-17,19-22,27H2,1-4H3,(H,47,56)(H,46,49,51)(H2,50,52,57). The summed E-state index contributed by atoms with van der Waals surface area (Å²) in [5.41, 5.74) is 4.18. The summed E-state index contributed by atoms with van der Waals surface area (Å²) in [6.45, 7) is 9.91. The summed E-state index contributed by atoms with van der Waals surface area (Å²) in [5.74, 6) is -0.910. The molecular weight excluding hydrogens is 743 g/mol. The van der Waals surface area contributed by atoms with E-state index in [9.17, 15) is 18.4 Å². The number of anilines is 4. The van der Waals surface area contributed by atoms with Crippen molar-refractivity contribution in [3.05, 3.63) is 120 Å². The lowest BCUT2D eigenvalue weighted by molar-refractivity contribution is -0.0547. The van der Waals surface area contributed by atoms with Gasteiger partial charge in [0, 0.05) is 67.5 Å². The number of urea groups is 1. The van der Waals surface area contributed by atoms with Crippen molar-refractivity contribution in [2.75, 3.05) is 42.1 Å². The van der Waals surface area contributed by atoms with E-state index in [0.717, 1.165) is 33.3 Å². The number of amides is 3. The van der Waals surface area contributed by atoms with Crippen LogP contribution in [-0.4, -0.2) is 73.7 Å². The molecule has 0 saturated carbocycles. The van der Waals surface area contributed by atoms with E-state index in [-0.39, 0.29) is 30.6 Å². The van der Waals surface area contributed by atoms with Crippen LogP contribution in [0.3, 0.4) is 0 Å². The molecule has 3 aromatic carbocycles. The van der Waals surface area contributed by atoms with Crippen LogP contribution in [0.2, 0.25) is 0 Å². The predicted molar refractivity (Wildman–Crippen MR) is 220 cm³/mol. The number of hydrogen-bond acceptors (Lipinski definition) is 9. The van der Waals surface area contributed by atoms with Crippen molar-refractivity contribution >= 4 is 45.9 Å². The number of nitrogens with one attached hydrogen (secondary N) is 4. The zero-order chi connectivity index (χ0) is 40.9. The van der Waals surface area contributed by atoms with Crippen LogP contribution in [-0.2, 0) is 12.0 Å². The van der Waals surface area contributed by atoms with E-state index in [1.807, 2.05) is 90.7 Å². The SMILES string of the molecule is Cc1ccc(-n2nc(C(C)(C)C)cc2NC(=O)Nc2ccc(OCc3ccnc(Nc4cnc(C(=O)NCCN5CCC(F)(F)CC5)cn4)c3)c3ccccc23)cc1. The number of hydrogen-bond donors (Lipinski definition) is 4. The third kappa shape index (κ3) is 9.90. The fourth-order valence-electron chi connectivity index (χ4n) is 6.45. The molecule has 0 unspecified atom stereocenters. The topological polar surface area (TPSA) is 151 Å². The minimum absolute atomic E-state index is 0.139. The lowest BCUT2D eigenvalue weighted by Crippen LogP contribution is -2.43. The number of benzene rings is 3. The molecule has 15 heteroatoms. The molecule has 0 atom stereocenters. The van der Waals surface area contributed by atoms with Gasteiger partial charge in [-0.05, 0) is 48.9 Å². The van der Waals surface area contributed by atoms with Gasteiger partial charge in [0.15, 0.2) is 0 Å². The first kappa shape index (κ1) is 39.7. The summed E-state index contributed by atoms with van der Waals surface area (Å²) in [7, 11) is 0. The van der Waals surface area contributed by atoms with Gasteiger partial charge in [0.05, 0.1) is 29.5 Å². The zero-order valence-electron chi connectivity index (χ0n) is 32.9. The van der Waals surface area contributed by atoms with Gasteiger partial charge in [0.1, 0.15) is 35.5 Å². The first-order valence-corrected chi connectivity index (χ1v) is 19.1. The summed E-state index contributed by atoms with van der Waals surface area (Å²) in [6, 6.07) is 24.5. The normalized spacial score (nSPS) is 14.2. The van der Waals surface area contributed by atoms with E-state index in [4.69, 9.17) is 9.84 Å². The molecule has 3 amide bonds. The second-order valence-corrected chi connectivity index (χ2v) is 15.4. The summed E-state index contributed by atoms with van der Waals surface area (Å²) in [6.07, 6.45) is 4.13. The number of pyridine rings is 1. The highest BCUT2D eigenvalue weighted by molar-refractivity contribution is 6.07. The number of alkyl halides is 2. The van der Waals surface area contributed by atoms with Gasteiger partial charge in [-0.1, -0.05) is 62.7 Å². The number of carbonyl (C=O) groups excluding carboxylic acids is 2. The Labute approximate surface area is 335 Å². The van der Waals surface area contributed by atoms with Crippen molar-refractivity contribution in [2.24, 2.45) is 0 Å². The predicted octanol–water partition coefficient (Wildman–Crippen LogP) is 8.24. The number of aromatic nitrogens is 5. The molecule has 4 N–H and O–H groups in total. The maximum Gasteiger partial charge on any atom is 0.324 e. The van der Waals surface area contributed by atoms with E-state index in [2.05, 4.69) is 57.0 Å². The van der Waals surface area contributed by atoms with Gasteiger partial charge in [-0.15, -0.1) is 0 Å². The van der Waals surface area contributed by atoms with Crippen LogP contribution in [0.15, 0.2) is 97.5 Å². The molecule has 0 bridgehead atoms. The number of carbonyl (C=O) groups is 2. The van der Waals surface area contributed by atoms with Gasteiger partial charge in [-0.2, -0.15) is 5.10 Å². The highest BCUT2D eigenvalue weighted by Crippen LogP contribution is 2.33. The van der Waals surface area contributed by atoms with E-state index in [0.29, 0.717) is 55.1 Å². The summed E-state index contributed by atoms with van der Waals surface area (Å²) in [4.78, 5) is 40.9. The van der Waals surface area contributed by atoms with Crippen molar-refractivity contribution in [2.45, 2.75) is 58.5 Å². The third-order valence-corrected chi connectivity index (χ3v) is 9.79. The van der Waals surface area contributed by atoms with Crippen molar-refractivity contribution in [3.63, 3.8) is 0 Å². The van der Waals surface area contributed by atoms with Crippen LogP contribution in [0, 0.1) is 6.92 Å². The van der Waals surface area contributed by atoms with E-state index >= 15 is 0 Å². The number of halogens is 2. The van der Waals surface area contributed by atoms with E-state index in [1.165, 1.54) is 12.4 Å². The Bertz CT molecular complexity index is 2390. The van der Waals surface area contributed by atoms with Crippen molar-refractivity contribution in [1.82, 2.24) is 34.9 Å². The average Bonchev–Trinajstić information content (AvgIpc) is 3.63. The second-order valence-electron chi connectivity index (χ2n) is 15.4. The number of rotatable bonds is 12. The maximum absolute atomic E-state index is 13.5. The molecule has 58 heavy (non-hydrogen) atoms. The minimum Gasteiger partial charge on any atom is -0.488 e. The Morgan fingerprint density at radius 2 is 1.62 bits per heavy atom. The monoisotopic (exact) mass is 788 g/mol. The van der Waals surface area contributed by atoms with Gasteiger partial charge in [-0.3, -0.25) is 10.1 Å². The molecule has 4 heterocycles. The van der Waals surface area contributed by atoms with E-state index < -0.39 is 17.9 Å². The van der Waals surface area contributed by atoms with Crippen LogP contribution in [0.1, 0.15) is 60.9 Å². The number of fused-ring (bicyclic) bond motifs is 1. The minimum atomic E-state index is -2.60. The van der Waals surface area contributed by atoms with Crippen LogP contribution in [0.25, 0.3) is 16.5 Å². The third-order valence-electron chi connectivity index (χ3n) is 9.79. The molecule has 1 aliphatic rings. The molecule has 6 aromatic rings. The highest BCUT2D eigenvalue weighted by atomic mass is 19.3. The number of ether oxygens (including phenoxy) is 1. The van der Waals surface area contributed by atoms with Gasteiger partial charge in [-0.25, -0.2) is 33.2 Å². The van der Waals surface area contributed by atoms with Crippen LogP contribution >= 0.6 is 0 Å². The number of likely N-dealkylation sites (tertiary alicyclic amines) is 1. The summed E-state index contributed by atoms with van der Waals surface area (Å²) in [5, 5.41) is 18.3. The van der Waals surface area contributed by atoms with Gasteiger partial charge >= 0.3 is 6.03 Å². The fourth-order valence-corrected chi connectivity index (χ4v) is 6.45. The number of piperidine rings is 1. The molecule has 3 aromatic heterocycles. The molecule has 7 rings (SSSR count). The van der Waals surface area contributed by atoms with Crippen molar-refractivity contribution < 1.29 is 23.1 Å². The molecule has 0 aliphatic carbocycles.